The van der Waals surface area contributed by atoms with E-state index in [9.17, 15) is 19.8 Å². The molecule has 0 aliphatic heterocycles. The smallest absolute Gasteiger partial charge is 0.305 e. The summed E-state index contributed by atoms with van der Waals surface area (Å²) >= 11 is 0. The van der Waals surface area contributed by atoms with Gasteiger partial charge in [-0.15, -0.1) is 0 Å². The predicted octanol–water partition coefficient (Wildman–Crippen LogP) is 25.5. The molecule has 0 aliphatic carbocycles. The number of nitrogens with one attached hydrogen (secondary N) is 1. The van der Waals surface area contributed by atoms with Gasteiger partial charge in [-0.2, -0.15) is 0 Å². The molecule has 0 aliphatic rings. The number of aliphatic hydroxyl groups is 2. The molecule has 0 heterocycles. The third kappa shape index (κ3) is 69.7. The van der Waals surface area contributed by atoms with Crippen molar-refractivity contribution in [2.75, 3.05) is 13.2 Å². The number of carbonyl (C=O) groups is 2. The predicted molar refractivity (Wildman–Crippen MR) is 370 cm³/mol. The number of ether oxygens (including phenoxy) is 1. The zero-order valence-electron chi connectivity index (χ0n) is 57.4. The van der Waals surface area contributed by atoms with Crippen LogP contribution >= 0.6 is 0 Å². The fourth-order valence-corrected chi connectivity index (χ4v) is 12.6. The Balaban J connectivity index is 3.27. The standard InChI is InChI=1S/C78H153NO5/c1-3-5-7-9-11-13-15-17-18-19-42-45-48-52-56-60-64-68-72-78(83)84-73-69-65-61-57-53-49-46-43-40-38-36-34-32-30-28-26-24-22-20-21-23-25-27-29-31-33-35-37-39-41-44-47-51-55-59-63-67-71-77(82)79-75(74-80)76(81)70-66-62-58-54-50-16-14-12-10-8-6-4-2/h66,70,75-76,80-81H,3-65,67-69,71-74H2,1-2H3,(H,79,82)/b70-66+. The molecule has 0 aromatic carbocycles. The van der Waals surface area contributed by atoms with Gasteiger partial charge in [0.1, 0.15) is 0 Å². The van der Waals surface area contributed by atoms with Gasteiger partial charge in [-0.25, -0.2) is 0 Å². The molecule has 6 nitrogen and oxygen atoms in total. The van der Waals surface area contributed by atoms with Crippen LogP contribution in [0.1, 0.15) is 450 Å². The van der Waals surface area contributed by atoms with Crippen molar-refractivity contribution < 1.29 is 24.5 Å². The first-order valence-corrected chi connectivity index (χ1v) is 39.0. The second kappa shape index (κ2) is 74.1. The van der Waals surface area contributed by atoms with Crippen LogP contribution in [0, 0.1) is 0 Å². The first-order chi connectivity index (χ1) is 41.5. The highest BCUT2D eigenvalue weighted by Gasteiger charge is 2.18. The molecule has 2 atom stereocenters. The van der Waals surface area contributed by atoms with E-state index < -0.39 is 12.1 Å². The Kier molecular flexibility index (Phi) is 72.8. The summed E-state index contributed by atoms with van der Waals surface area (Å²) in [6.45, 7) is 4.95. The van der Waals surface area contributed by atoms with Crippen LogP contribution in [0.15, 0.2) is 12.2 Å². The van der Waals surface area contributed by atoms with Crippen LogP contribution in [0.5, 0.6) is 0 Å². The van der Waals surface area contributed by atoms with Gasteiger partial charge in [0.15, 0.2) is 0 Å². The Morgan fingerprint density at radius 2 is 0.548 bits per heavy atom. The van der Waals surface area contributed by atoms with E-state index >= 15 is 0 Å². The van der Waals surface area contributed by atoms with E-state index in [1.54, 1.807) is 6.08 Å². The van der Waals surface area contributed by atoms with Gasteiger partial charge in [0.25, 0.3) is 0 Å². The molecule has 3 N–H and O–H groups in total. The van der Waals surface area contributed by atoms with Crippen molar-refractivity contribution in [1.29, 1.82) is 0 Å². The van der Waals surface area contributed by atoms with Gasteiger partial charge in [0, 0.05) is 12.8 Å². The number of allylic oxidation sites excluding steroid dienone is 1. The van der Waals surface area contributed by atoms with Gasteiger partial charge in [-0.1, -0.05) is 418 Å². The van der Waals surface area contributed by atoms with Gasteiger partial charge >= 0.3 is 5.97 Å². The van der Waals surface area contributed by atoms with Gasteiger partial charge < -0.3 is 20.3 Å². The molecule has 500 valence electrons. The van der Waals surface area contributed by atoms with E-state index in [0.717, 1.165) is 38.5 Å². The minimum atomic E-state index is -0.838. The lowest BCUT2D eigenvalue weighted by Gasteiger charge is -2.20. The first kappa shape index (κ1) is 82.6. The maximum atomic E-state index is 12.5. The third-order valence-electron chi connectivity index (χ3n) is 18.6. The molecule has 0 rings (SSSR count). The molecule has 1 amide bonds. The monoisotopic (exact) mass is 1180 g/mol. The molecule has 0 aromatic rings. The molecule has 0 radical (unpaired) electrons. The molecule has 0 bridgehead atoms. The summed E-state index contributed by atoms with van der Waals surface area (Å²) in [6, 6.07) is -0.622. The first-order valence-electron chi connectivity index (χ1n) is 39.0. The van der Waals surface area contributed by atoms with Gasteiger partial charge in [-0.3, -0.25) is 9.59 Å². The number of esters is 1. The third-order valence-corrected chi connectivity index (χ3v) is 18.6. The number of hydrogen-bond donors (Lipinski definition) is 3. The van der Waals surface area contributed by atoms with Crippen molar-refractivity contribution in [2.45, 2.75) is 463 Å². The van der Waals surface area contributed by atoms with Crippen LogP contribution in [-0.2, 0) is 14.3 Å². The molecule has 0 spiro atoms. The minimum absolute atomic E-state index is 0.0287. The number of amides is 1. The average molecular weight is 1190 g/mol. The Labute approximate surface area is 527 Å². The number of hydrogen-bond acceptors (Lipinski definition) is 5. The molecule has 6 heteroatoms. The lowest BCUT2D eigenvalue weighted by Crippen LogP contribution is -2.45. The van der Waals surface area contributed by atoms with Crippen LogP contribution in [0.4, 0.5) is 0 Å². The summed E-state index contributed by atoms with van der Waals surface area (Å²) in [5.41, 5.74) is 0. The number of aliphatic hydroxyl groups excluding tert-OH is 2. The maximum Gasteiger partial charge on any atom is 0.305 e. The SMILES string of the molecule is CCCCCCCCCCCC/C=C/C(O)C(CO)NC(=O)CCCCCCCCCCCCCCCCCCCCCCCCCCCCCCCCCCCCCCCOC(=O)CCCCCCCCCCCCCCCCCCCC. The molecular weight excluding hydrogens is 1030 g/mol. The van der Waals surface area contributed by atoms with Crippen LogP contribution in [-0.4, -0.2) is 47.4 Å². The van der Waals surface area contributed by atoms with Crippen LogP contribution < -0.4 is 5.32 Å². The van der Waals surface area contributed by atoms with Crippen molar-refractivity contribution in [3.63, 3.8) is 0 Å². The molecule has 2 unspecified atom stereocenters. The van der Waals surface area contributed by atoms with E-state index in [1.807, 2.05) is 6.08 Å². The Bertz CT molecular complexity index is 1270. The van der Waals surface area contributed by atoms with Crippen molar-refractivity contribution in [3.05, 3.63) is 12.2 Å². The maximum absolute atomic E-state index is 12.5. The second-order valence-electron chi connectivity index (χ2n) is 27.1. The molecular formula is C78H153NO5. The normalized spacial score (nSPS) is 12.5. The van der Waals surface area contributed by atoms with E-state index in [-0.39, 0.29) is 18.5 Å². The Morgan fingerprint density at radius 1 is 0.321 bits per heavy atom. The fraction of sp³-hybridized carbons (Fsp3) is 0.949. The molecule has 84 heavy (non-hydrogen) atoms. The topological polar surface area (TPSA) is 95.9 Å². The highest BCUT2D eigenvalue weighted by atomic mass is 16.5. The van der Waals surface area contributed by atoms with E-state index in [4.69, 9.17) is 4.74 Å². The number of carbonyl (C=O) groups excluding carboxylic acids is 2. The van der Waals surface area contributed by atoms with Crippen molar-refractivity contribution in [2.24, 2.45) is 0 Å². The Morgan fingerprint density at radius 3 is 0.810 bits per heavy atom. The van der Waals surface area contributed by atoms with E-state index in [2.05, 4.69) is 19.2 Å². The molecule has 0 aromatic heterocycles. The van der Waals surface area contributed by atoms with Crippen molar-refractivity contribution in [1.82, 2.24) is 5.32 Å². The minimum Gasteiger partial charge on any atom is -0.466 e. The Hall–Kier alpha value is -1.40. The van der Waals surface area contributed by atoms with Crippen LogP contribution in [0.2, 0.25) is 0 Å². The van der Waals surface area contributed by atoms with Crippen molar-refractivity contribution >= 4 is 11.9 Å². The summed E-state index contributed by atoms with van der Waals surface area (Å²) in [4.78, 5) is 24.6. The fourth-order valence-electron chi connectivity index (χ4n) is 12.6. The highest BCUT2D eigenvalue weighted by molar-refractivity contribution is 5.76. The lowest BCUT2D eigenvalue weighted by atomic mass is 10.0. The number of unbranched alkanes of at least 4 members (excludes halogenated alkanes) is 63. The van der Waals surface area contributed by atoms with Gasteiger partial charge in [-0.05, 0) is 32.1 Å². The quantitative estimate of drug-likeness (QED) is 0.0320. The summed E-state index contributed by atoms with van der Waals surface area (Å²) < 4.78 is 5.52. The van der Waals surface area contributed by atoms with E-state index in [1.165, 1.54) is 385 Å². The zero-order chi connectivity index (χ0) is 60.6. The zero-order valence-corrected chi connectivity index (χ0v) is 57.4. The summed E-state index contributed by atoms with van der Waals surface area (Å²) in [6.07, 6.45) is 93.5. The summed E-state index contributed by atoms with van der Waals surface area (Å²) in [5, 5.41) is 23.1. The molecule has 0 fully saturated rings. The van der Waals surface area contributed by atoms with Crippen molar-refractivity contribution in [3.8, 4) is 0 Å². The van der Waals surface area contributed by atoms with Gasteiger partial charge in [0.2, 0.25) is 5.91 Å². The average Bonchev–Trinajstić information content (AvgIpc) is 3.52. The molecule has 0 saturated carbocycles. The van der Waals surface area contributed by atoms with Crippen LogP contribution in [0.25, 0.3) is 0 Å². The number of rotatable bonds is 74. The van der Waals surface area contributed by atoms with E-state index in [0.29, 0.717) is 19.4 Å². The second-order valence-corrected chi connectivity index (χ2v) is 27.1. The largest absolute Gasteiger partial charge is 0.466 e. The highest BCUT2D eigenvalue weighted by Crippen LogP contribution is 2.20. The van der Waals surface area contributed by atoms with Crippen LogP contribution in [0.3, 0.4) is 0 Å². The molecule has 0 saturated heterocycles. The van der Waals surface area contributed by atoms with Gasteiger partial charge in [0.05, 0.1) is 25.4 Å². The lowest BCUT2D eigenvalue weighted by molar-refractivity contribution is -0.143. The summed E-state index contributed by atoms with van der Waals surface area (Å²) in [7, 11) is 0. The summed E-state index contributed by atoms with van der Waals surface area (Å²) in [5.74, 6) is -0.0318.